The highest BCUT2D eigenvalue weighted by Gasteiger charge is 2.32. The molecule has 1 amide bonds. The second kappa shape index (κ2) is 8.34. The van der Waals surface area contributed by atoms with E-state index in [1.807, 2.05) is 0 Å². The predicted octanol–water partition coefficient (Wildman–Crippen LogP) is 1.28. The van der Waals surface area contributed by atoms with Crippen LogP contribution in [0.1, 0.15) is 51.4 Å². The zero-order valence-corrected chi connectivity index (χ0v) is 12.7. The zero-order chi connectivity index (χ0) is 15.9. The van der Waals surface area contributed by atoms with E-state index in [2.05, 4.69) is 5.32 Å². The largest absolute Gasteiger partial charge is 0.481 e. The van der Waals surface area contributed by atoms with E-state index >= 15 is 0 Å². The highest BCUT2D eigenvalue weighted by molar-refractivity contribution is 6.45. The number of hydrogen-bond acceptors (Lipinski definition) is 4. The van der Waals surface area contributed by atoms with Crippen LogP contribution >= 0.6 is 0 Å². The van der Waals surface area contributed by atoms with Gasteiger partial charge in [0.2, 0.25) is 5.91 Å². The minimum atomic E-state index is -1.19. The molecule has 0 aromatic carbocycles. The molecule has 0 aromatic heterocycles. The fourth-order valence-electron chi connectivity index (χ4n) is 3.15. The van der Waals surface area contributed by atoms with Crippen molar-refractivity contribution in [3.63, 3.8) is 0 Å². The van der Waals surface area contributed by atoms with Crippen LogP contribution in [-0.2, 0) is 14.2 Å². The molecule has 0 spiro atoms. The Hall–Kier alpha value is -1.34. The van der Waals surface area contributed by atoms with Crippen LogP contribution in [0.25, 0.3) is 0 Å². The summed E-state index contributed by atoms with van der Waals surface area (Å²) in [6, 6.07) is 0. The molecule has 3 N–H and O–H groups in total. The van der Waals surface area contributed by atoms with E-state index in [1.165, 1.54) is 19.3 Å². The summed E-state index contributed by atoms with van der Waals surface area (Å²) in [7, 11) is -1.19. The summed E-state index contributed by atoms with van der Waals surface area (Å²) < 4.78 is 5.30. The van der Waals surface area contributed by atoms with E-state index in [0.29, 0.717) is 18.8 Å². The van der Waals surface area contributed by atoms with Crippen molar-refractivity contribution in [2.45, 2.75) is 63.4 Å². The standard InChI is InChI=1S/C15H24BNO5/c18-14(9-11-5-2-1-3-6-11)17-13-8-4-7-12(10-15(19)20)22-16(13)21/h4,7,11-13,21H,1-3,5-6,8-10H2,(H,17,18)(H,19,20)/t12-,13+/m1/s1. The van der Waals surface area contributed by atoms with Crippen LogP contribution in [0.2, 0.25) is 0 Å². The van der Waals surface area contributed by atoms with Gasteiger partial charge in [0, 0.05) is 6.42 Å². The maximum atomic E-state index is 12.1. The molecule has 1 aliphatic carbocycles. The van der Waals surface area contributed by atoms with Gasteiger partial charge in [-0.05, 0) is 25.2 Å². The summed E-state index contributed by atoms with van der Waals surface area (Å²) in [6.07, 6.45) is 9.28. The van der Waals surface area contributed by atoms with Gasteiger partial charge in [-0.15, -0.1) is 0 Å². The summed E-state index contributed by atoms with van der Waals surface area (Å²) in [5.41, 5.74) is 0. The lowest BCUT2D eigenvalue weighted by Crippen LogP contribution is -2.48. The van der Waals surface area contributed by atoms with Crippen LogP contribution < -0.4 is 5.32 Å². The van der Waals surface area contributed by atoms with Crippen molar-refractivity contribution < 1.29 is 24.4 Å². The Balaban J connectivity index is 1.80. The van der Waals surface area contributed by atoms with Gasteiger partial charge in [-0.3, -0.25) is 9.59 Å². The Morgan fingerprint density at radius 2 is 1.95 bits per heavy atom. The summed E-state index contributed by atoms with van der Waals surface area (Å²) in [5, 5.41) is 21.6. The Labute approximate surface area is 131 Å². The maximum absolute atomic E-state index is 12.1. The lowest BCUT2D eigenvalue weighted by Gasteiger charge is -2.23. The molecular weight excluding hydrogens is 285 g/mol. The topological polar surface area (TPSA) is 95.9 Å². The van der Waals surface area contributed by atoms with Gasteiger partial charge in [0.25, 0.3) is 0 Å². The molecule has 1 fully saturated rings. The number of carbonyl (C=O) groups excluding carboxylic acids is 1. The van der Waals surface area contributed by atoms with E-state index in [4.69, 9.17) is 9.76 Å². The normalized spacial score (nSPS) is 26.5. The van der Waals surface area contributed by atoms with Crippen LogP contribution in [0.3, 0.4) is 0 Å². The highest BCUT2D eigenvalue weighted by Crippen LogP contribution is 2.26. The molecule has 0 aromatic rings. The lowest BCUT2D eigenvalue weighted by molar-refractivity contribution is -0.138. The van der Waals surface area contributed by atoms with E-state index < -0.39 is 25.1 Å². The van der Waals surface area contributed by atoms with Crippen molar-refractivity contribution in [1.29, 1.82) is 0 Å². The smallest absolute Gasteiger partial charge is 0.478 e. The molecule has 22 heavy (non-hydrogen) atoms. The second-order valence-electron chi connectivity index (χ2n) is 6.21. The van der Waals surface area contributed by atoms with Gasteiger partial charge < -0.3 is 20.1 Å². The van der Waals surface area contributed by atoms with Crippen molar-refractivity contribution in [3.05, 3.63) is 12.2 Å². The Bertz CT molecular complexity index is 422. The predicted molar refractivity (Wildman–Crippen MR) is 82.0 cm³/mol. The Morgan fingerprint density at radius 1 is 1.23 bits per heavy atom. The van der Waals surface area contributed by atoms with Gasteiger partial charge >= 0.3 is 13.1 Å². The van der Waals surface area contributed by atoms with Crippen molar-refractivity contribution in [2.24, 2.45) is 5.92 Å². The van der Waals surface area contributed by atoms with E-state index in [-0.39, 0.29) is 12.3 Å². The fourth-order valence-corrected chi connectivity index (χ4v) is 3.15. The molecular formula is C15H24BNO5. The third kappa shape index (κ3) is 5.46. The van der Waals surface area contributed by atoms with E-state index in [0.717, 1.165) is 12.8 Å². The van der Waals surface area contributed by atoms with E-state index in [1.54, 1.807) is 12.2 Å². The van der Waals surface area contributed by atoms with Gasteiger partial charge in [-0.2, -0.15) is 0 Å². The summed E-state index contributed by atoms with van der Waals surface area (Å²) >= 11 is 0. The second-order valence-corrected chi connectivity index (χ2v) is 6.21. The number of rotatable bonds is 5. The molecule has 6 nitrogen and oxygen atoms in total. The van der Waals surface area contributed by atoms with Crippen molar-refractivity contribution in [1.82, 2.24) is 5.32 Å². The Morgan fingerprint density at radius 3 is 2.64 bits per heavy atom. The molecule has 1 heterocycles. The van der Waals surface area contributed by atoms with Crippen molar-refractivity contribution >= 4 is 19.0 Å². The van der Waals surface area contributed by atoms with Gasteiger partial charge in [0.15, 0.2) is 0 Å². The number of hydrogen-bond donors (Lipinski definition) is 3. The van der Waals surface area contributed by atoms with Crippen LogP contribution in [0.5, 0.6) is 0 Å². The minimum Gasteiger partial charge on any atom is -0.481 e. The molecule has 1 saturated carbocycles. The fraction of sp³-hybridized carbons (Fsp3) is 0.733. The number of carboxylic acids is 1. The van der Waals surface area contributed by atoms with Crippen LogP contribution in [0, 0.1) is 5.92 Å². The average Bonchev–Trinajstić information content (AvgIpc) is 2.61. The third-order valence-electron chi connectivity index (χ3n) is 4.32. The van der Waals surface area contributed by atoms with Gasteiger partial charge in [0.05, 0.1) is 18.5 Å². The van der Waals surface area contributed by atoms with Gasteiger partial charge in [0.1, 0.15) is 0 Å². The molecule has 0 unspecified atom stereocenters. The molecule has 0 saturated heterocycles. The first kappa shape index (κ1) is 17.0. The Kier molecular flexibility index (Phi) is 6.45. The van der Waals surface area contributed by atoms with Gasteiger partial charge in [-0.25, -0.2) is 0 Å². The first-order chi connectivity index (χ1) is 10.5. The summed E-state index contributed by atoms with van der Waals surface area (Å²) in [4.78, 5) is 22.8. The quantitative estimate of drug-likeness (QED) is 0.525. The third-order valence-corrected chi connectivity index (χ3v) is 4.32. The molecule has 2 aliphatic rings. The molecule has 0 radical (unpaired) electrons. The first-order valence-electron chi connectivity index (χ1n) is 8.06. The number of carbonyl (C=O) groups is 2. The summed E-state index contributed by atoms with van der Waals surface area (Å²) in [5.74, 6) is -1.13. The number of nitrogens with one attached hydrogen (secondary N) is 1. The summed E-state index contributed by atoms with van der Waals surface area (Å²) in [6.45, 7) is 0. The van der Waals surface area contributed by atoms with Crippen molar-refractivity contribution in [3.8, 4) is 0 Å². The van der Waals surface area contributed by atoms with Crippen LogP contribution in [0.15, 0.2) is 12.2 Å². The molecule has 2 atom stereocenters. The number of aliphatic carboxylic acids is 1. The van der Waals surface area contributed by atoms with E-state index in [9.17, 15) is 14.6 Å². The van der Waals surface area contributed by atoms with Crippen LogP contribution in [0.4, 0.5) is 0 Å². The number of amides is 1. The first-order valence-corrected chi connectivity index (χ1v) is 8.06. The molecule has 7 heteroatoms. The maximum Gasteiger partial charge on any atom is 0.478 e. The van der Waals surface area contributed by atoms with Gasteiger partial charge in [-0.1, -0.05) is 31.4 Å². The highest BCUT2D eigenvalue weighted by atomic mass is 16.5. The molecule has 0 bridgehead atoms. The molecule has 1 aliphatic heterocycles. The van der Waals surface area contributed by atoms with Crippen molar-refractivity contribution in [2.75, 3.05) is 0 Å². The minimum absolute atomic E-state index is 0.0652. The lowest BCUT2D eigenvalue weighted by atomic mass is 9.76. The monoisotopic (exact) mass is 309 g/mol. The molecule has 122 valence electrons. The molecule has 2 rings (SSSR count). The van der Waals surface area contributed by atoms with Crippen LogP contribution in [-0.4, -0.2) is 41.2 Å². The average molecular weight is 309 g/mol. The zero-order valence-electron chi connectivity index (χ0n) is 12.7. The number of carboxylic acid groups (broad SMARTS) is 1. The SMILES string of the molecule is O=C(O)C[C@H]1C=CC[C@H](NC(=O)CC2CCCCC2)B(O)O1.